The second kappa shape index (κ2) is 3.97. The summed E-state index contributed by atoms with van der Waals surface area (Å²) in [4.78, 5) is 0. The van der Waals surface area contributed by atoms with Gasteiger partial charge in [-0.15, -0.1) is 0 Å². The van der Waals surface area contributed by atoms with Crippen molar-refractivity contribution in [3.8, 4) is 5.75 Å². The summed E-state index contributed by atoms with van der Waals surface area (Å²) >= 11 is 6.24. The van der Waals surface area contributed by atoms with Gasteiger partial charge in [0, 0.05) is 5.56 Å². The Morgan fingerprint density at radius 1 is 1.31 bits per heavy atom. The van der Waals surface area contributed by atoms with Crippen molar-refractivity contribution < 1.29 is 10.3 Å². The number of oxime groups is 1. The Kier molecular flexibility index (Phi) is 3.16. The lowest BCUT2D eigenvalue weighted by molar-refractivity contribution is 0.318. The first-order valence-corrected chi connectivity index (χ1v) is 4.80. The van der Waals surface area contributed by atoms with Crippen molar-refractivity contribution in [3.63, 3.8) is 0 Å². The third-order valence-electron chi connectivity index (χ3n) is 1.42. The number of halogens is 2. The molecule has 0 heterocycles. The molecular formula is C7H6Br2N2O2. The number of benzene rings is 1. The molecule has 4 nitrogen and oxygen atoms in total. The molecule has 1 aromatic rings. The molecule has 0 unspecified atom stereocenters. The monoisotopic (exact) mass is 308 g/mol. The molecule has 6 heteroatoms. The van der Waals surface area contributed by atoms with Crippen molar-refractivity contribution >= 4 is 37.7 Å². The van der Waals surface area contributed by atoms with Crippen LogP contribution < -0.4 is 5.73 Å². The highest BCUT2D eigenvalue weighted by atomic mass is 79.9. The molecule has 1 rings (SSSR count). The van der Waals surface area contributed by atoms with E-state index < -0.39 is 0 Å². The number of rotatable bonds is 1. The smallest absolute Gasteiger partial charge is 0.170 e. The number of nitrogens with zero attached hydrogens (tertiary/aromatic N) is 1. The lowest BCUT2D eigenvalue weighted by atomic mass is 10.2. The first-order valence-electron chi connectivity index (χ1n) is 3.22. The number of hydrogen-bond acceptors (Lipinski definition) is 3. The quantitative estimate of drug-likeness (QED) is 0.321. The van der Waals surface area contributed by atoms with Crippen LogP contribution in [0.5, 0.6) is 5.75 Å². The predicted octanol–water partition coefficient (Wildman–Crippen LogP) is 2.01. The summed E-state index contributed by atoms with van der Waals surface area (Å²) in [5, 5.41) is 20.6. The van der Waals surface area contributed by atoms with Gasteiger partial charge in [-0.05, 0) is 44.0 Å². The van der Waals surface area contributed by atoms with Gasteiger partial charge in [-0.2, -0.15) is 0 Å². The van der Waals surface area contributed by atoms with Gasteiger partial charge in [-0.25, -0.2) is 0 Å². The minimum atomic E-state index is -0.0126. The molecule has 1 aromatic carbocycles. The van der Waals surface area contributed by atoms with E-state index in [1.54, 1.807) is 12.1 Å². The second-order valence-electron chi connectivity index (χ2n) is 2.27. The van der Waals surface area contributed by atoms with Crippen LogP contribution in [0, 0.1) is 0 Å². The van der Waals surface area contributed by atoms with Crippen LogP contribution in [-0.2, 0) is 0 Å². The molecule has 0 saturated heterocycles. The van der Waals surface area contributed by atoms with E-state index in [4.69, 9.17) is 10.9 Å². The SMILES string of the molecule is N/C(=N\O)c1cc(Br)c(O)c(Br)c1. The van der Waals surface area contributed by atoms with Crippen LogP contribution in [0.1, 0.15) is 5.56 Å². The van der Waals surface area contributed by atoms with E-state index in [9.17, 15) is 5.11 Å². The minimum absolute atomic E-state index is 0.0126. The van der Waals surface area contributed by atoms with E-state index in [-0.39, 0.29) is 11.6 Å². The number of amidine groups is 1. The molecule has 70 valence electrons. The Labute approximate surface area is 91.3 Å². The Morgan fingerprint density at radius 3 is 2.15 bits per heavy atom. The van der Waals surface area contributed by atoms with Crippen molar-refractivity contribution in [2.24, 2.45) is 10.9 Å². The Bertz CT molecular complexity index is 343. The summed E-state index contributed by atoms with van der Waals surface area (Å²) in [6.07, 6.45) is 0. The molecule has 0 fully saturated rings. The maximum Gasteiger partial charge on any atom is 0.170 e. The fourth-order valence-corrected chi connectivity index (χ4v) is 1.96. The molecule has 13 heavy (non-hydrogen) atoms. The lowest BCUT2D eigenvalue weighted by Gasteiger charge is -2.03. The van der Waals surface area contributed by atoms with Gasteiger partial charge >= 0.3 is 0 Å². The van der Waals surface area contributed by atoms with Crippen LogP contribution in [0.4, 0.5) is 0 Å². The third-order valence-corrected chi connectivity index (χ3v) is 2.63. The number of hydrogen-bond donors (Lipinski definition) is 3. The lowest BCUT2D eigenvalue weighted by Crippen LogP contribution is -2.12. The second-order valence-corrected chi connectivity index (χ2v) is 3.98. The number of phenolic OH excluding ortho intramolecular Hbond substituents is 1. The normalized spacial score (nSPS) is 11.7. The van der Waals surface area contributed by atoms with E-state index in [0.29, 0.717) is 14.5 Å². The number of nitrogens with two attached hydrogens (primary N) is 1. The molecule has 0 radical (unpaired) electrons. The van der Waals surface area contributed by atoms with Crippen molar-refractivity contribution in [3.05, 3.63) is 26.6 Å². The van der Waals surface area contributed by atoms with Gasteiger partial charge in [-0.1, -0.05) is 5.16 Å². The molecule has 0 aliphatic rings. The van der Waals surface area contributed by atoms with Gasteiger partial charge < -0.3 is 16.0 Å². The van der Waals surface area contributed by atoms with E-state index >= 15 is 0 Å². The number of phenols is 1. The summed E-state index contributed by atoms with van der Waals surface area (Å²) < 4.78 is 0.951. The summed E-state index contributed by atoms with van der Waals surface area (Å²) in [6.45, 7) is 0. The molecule has 0 atom stereocenters. The zero-order valence-electron chi connectivity index (χ0n) is 6.33. The molecule has 0 bridgehead atoms. The van der Waals surface area contributed by atoms with Gasteiger partial charge in [0.15, 0.2) is 5.84 Å². The molecular weight excluding hydrogens is 304 g/mol. The van der Waals surface area contributed by atoms with Gasteiger partial charge in [0.2, 0.25) is 0 Å². The maximum atomic E-state index is 9.35. The predicted molar refractivity (Wildman–Crippen MR) is 56.0 cm³/mol. The standard InChI is InChI=1S/C7H6Br2N2O2/c8-4-1-3(7(10)11-13)2-5(9)6(4)12/h1-2,12-13H,(H2,10,11). The van der Waals surface area contributed by atoms with Gasteiger partial charge in [0.25, 0.3) is 0 Å². The Hall–Kier alpha value is -0.750. The topological polar surface area (TPSA) is 78.8 Å². The fourth-order valence-electron chi connectivity index (χ4n) is 0.771. The van der Waals surface area contributed by atoms with Crippen molar-refractivity contribution in [2.75, 3.05) is 0 Å². The zero-order chi connectivity index (χ0) is 10.0. The van der Waals surface area contributed by atoms with E-state index in [2.05, 4.69) is 37.0 Å². The molecule has 0 amide bonds. The van der Waals surface area contributed by atoms with Crippen molar-refractivity contribution in [1.82, 2.24) is 0 Å². The minimum Gasteiger partial charge on any atom is -0.506 e. The van der Waals surface area contributed by atoms with Crippen LogP contribution in [0.2, 0.25) is 0 Å². The van der Waals surface area contributed by atoms with Crippen LogP contribution in [0.25, 0.3) is 0 Å². The molecule has 4 N–H and O–H groups in total. The summed E-state index contributed by atoms with van der Waals surface area (Å²) in [6, 6.07) is 3.10. The Balaban J connectivity index is 3.29. The van der Waals surface area contributed by atoms with E-state index in [1.807, 2.05) is 0 Å². The van der Waals surface area contributed by atoms with Crippen LogP contribution in [0.3, 0.4) is 0 Å². The average Bonchev–Trinajstić information content (AvgIpc) is 2.12. The van der Waals surface area contributed by atoms with Crippen LogP contribution in [0.15, 0.2) is 26.2 Å². The van der Waals surface area contributed by atoms with Crippen molar-refractivity contribution in [1.29, 1.82) is 0 Å². The highest BCUT2D eigenvalue weighted by Crippen LogP contribution is 2.33. The van der Waals surface area contributed by atoms with Crippen LogP contribution in [-0.4, -0.2) is 16.1 Å². The van der Waals surface area contributed by atoms with Crippen LogP contribution >= 0.6 is 31.9 Å². The largest absolute Gasteiger partial charge is 0.506 e. The Morgan fingerprint density at radius 2 is 1.77 bits per heavy atom. The highest BCUT2D eigenvalue weighted by molar-refractivity contribution is 9.11. The first-order chi connectivity index (χ1) is 6.06. The number of aromatic hydroxyl groups is 1. The molecule has 0 aromatic heterocycles. The fraction of sp³-hybridized carbons (Fsp3) is 0. The third kappa shape index (κ3) is 2.13. The summed E-state index contributed by atoms with van der Waals surface area (Å²) in [5.41, 5.74) is 5.87. The zero-order valence-corrected chi connectivity index (χ0v) is 9.50. The molecule has 0 aliphatic carbocycles. The van der Waals surface area contributed by atoms with Crippen molar-refractivity contribution in [2.45, 2.75) is 0 Å². The maximum absolute atomic E-state index is 9.35. The molecule has 0 saturated carbocycles. The van der Waals surface area contributed by atoms with Gasteiger partial charge in [0.05, 0.1) is 8.95 Å². The summed E-state index contributed by atoms with van der Waals surface area (Å²) in [7, 11) is 0. The molecule has 0 aliphatic heterocycles. The molecule has 0 spiro atoms. The van der Waals surface area contributed by atoms with E-state index in [1.165, 1.54) is 0 Å². The van der Waals surface area contributed by atoms with Gasteiger partial charge in [0.1, 0.15) is 5.75 Å². The summed E-state index contributed by atoms with van der Waals surface area (Å²) in [5.74, 6) is 0.0656. The van der Waals surface area contributed by atoms with E-state index in [0.717, 1.165) is 0 Å². The average molecular weight is 310 g/mol. The highest BCUT2D eigenvalue weighted by Gasteiger charge is 2.08. The first kappa shape index (κ1) is 10.3. The van der Waals surface area contributed by atoms with Gasteiger partial charge in [-0.3, -0.25) is 0 Å².